The zero-order valence-electron chi connectivity index (χ0n) is 29.5. The first-order valence-electron chi connectivity index (χ1n) is 18.3. The summed E-state index contributed by atoms with van der Waals surface area (Å²) < 4.78 is 6.81. The second-order valence-corrected chi connectivity index (χ2v) is 13.9. The minimum absolute atomic E-state index is 0.596. The Morgan fingerprint density at radius 2 is 0.818 bits per heavy atom. The van der Waals surface area contributed by atoms with Gasteiger partial charge in [-0.1, -0.05) is 121 Å². The van der Waals surface area contributed by atoms with Gasteiger partial charge in [-0.3, -0.25) is 0 Å². The highest BCUT2D eigenvalue weighted by atomic mass is 15.1. The minimum atomic E-state index is 0.596. The Bertz CT molecular complexity index is 3400. The van der Waals surface area contributed by atoms with Crippen LogP contribution in [-0.2, 0) is 0 Å². The normalized spacial score (nSPS) is 11.6. The van der Waals surface area contributed by atoms with E-state index in [2.05, 4.69) is 171 Å². The van der Waals surface area contributed by atoms with Crippen molar-refractivity contribution in [2.45, 2.75) is 0 Å². The highest BCUT2D eigenvalue weighted by molar-refractivity contribution is 6.15. The van der Waals surface area contributed by atoms with Crippen molar-refractivity contribution in [2.75, 3.05) is 0 Å². The Balaban J connectivity index is 1.14. The van der Waals surface area contributed by atoms with Crippen molar-refractivity contribution < 1.29 is 0 Å². The summed E-state index contributed by atoms with van der Waals surface area (Å²) in [6, 6.07) is 65.8. The SMILES string of the molecule is N#Cc1c(-c2ccc(-n3c4ccccc4c4cccc(C#N)c43)cc2)cccc1-n1c2ccccc2c2cccc(-n3c4ccccc4c4ccccc43)c21. The van der Waals surface area contributed by atoms with Gasteiger partial charge in [-0.15, -0.1) is 0 Å². The standard InChI is InChI=1S/C50H29N5/c51-30-33-12-9-18-40-38-15-3-5-20-43(38)53(49(33)40)34-28-26-32(27-29-34)35-17-10-24-47(42(35)31-52)55-46-23-8-4-16-39(46)41-19-11-25-48(50(41)55)54-44-21-6-1-13-36(44)37-14-2-7-22-45(37)54/h1-29H. The summed E-state index contributed by atoms with van der Waals surface area (Å²) in [6.07, 6.45) is 0. The maximum Gasteiger partial charge on any atom is 0.102 e. The third-order valence-electron chi connectivity index (χ3n) is 11.1. The number of nitrogens with zero attached hydrogens (tertiary/aromatic N) is 5. The second kappa shape index (κ2) is 11.8. The summed E-state index contributed by atoms with van der Waals surface area (Å²) in [5, 5.41) is 27.9. The van der Waals surface area contributed by atoms with Crippen LogP contribution in [0, 0.1) is 22.7 Å². The Kier molecular flexibility index (Phi) is 6.61. The van der Waals surface area contributed by atoms with Crippen LogP contribution >= 0.6 is 0 Å². The fraction of sp³-hybridized carbons (Fsp3) is 0. The van der Waals surface area contributed by atoms with Crippen LogP contribution in [0.5, 0.6) is 0 Å². The van der Waals surface area contributed by atoms with E-state index in [0.717, 1.165) is 82.8 Å². The van der Waals surface area contributed by atoms with Gasteiger partial charge in [0.1, 0.15) is 12.1 Å². The highest BCUT2D eigenvalue weighted by Crippen LogP contribution is 2.41. The van der Waals surface area contributed by atoms with Crippen molar-refractivity contribution in [3.05, 3.63) is 187 Å². The summed E-state index contributed by atoms with van der Waals surface area (Å²) in [4.78, 5) is 0. The summed E-state index contributed by atoms with van der Waals surface area (Å²) >= 11 is 0. The van der Waals surface area contributed by atoms with Gasteiger partial charge in [0.2, 0.25) is 0 Å². The number of hydrogen-bond acceptors (Lipinski definition) is 2. The molecule has 0 bridgehead atoms. The molecule has 0 saturated carbocycles. The zero-order valence-corrected chi connectivity index (χ0v) is 29.5. The van der Waals surface area contributed by atoms with Crippen LogP contribution in [0.15, 0.2) is 176 Å². The molecule has 5 heteroatoms. The average Bonchev–Trinajstić information content (AvgIpc) is 3.89. The maximum atomic E-state index is 11.0. The third kappa shape index (κ3) is 4.33. The Morgan fingerprint density at radius 1 is 0.345 bits per heavy atom. The molecule has 5 nitrogen and oxygen atoms in total. The lowest BCUT2D eigenvalue weighted by molar-refractivity contribution is 1.12. The first-order chi connectivity index (χ1) is 27.2. The first-order valence-corrected chi connectivity index (χ1v) is 18.3. The van der Waals surface area contributed by atoms with Crippen LogP contribution in [0.3, 0.4) is 0 Å². The molecule has 0 atom stereocenters. The molecule has 0 saturated heterocycles. The molecule has 0 aliphatic rings. The molecule has 0 aliphatic carbocycles. The van der Waals surface area contributed by atoms with E-state index in [4.69, 9.17) is 0 Å². The summed E-state index contributed by atoms with van der Waals surface area (Å²) in [5.74, 6) is 0. The van der Waals surface area contributed by atoms with Crippen molar-refractivity contribution in [3.8, 4) is 40.3 Å². The van der Waals surface area contributed by atoms with Gasteiger partial charge in [0.25, 0.3) is 0 Å². The molecule has 3 heterocycles. The smallest absolute Gasteiger partial charge is 0.102 e. The van der Waals surface area contributed by atoms with Gasteiger partial charge >= 0.3 is 0 Å². The predicted octanol–water partition coefficient (Wildman–Crippen LogP) is 12.4. The van der Waals surface area contributed by atoms with Gasteiger partial charge in [0.05, 0.1) is 55.6 Å². The van der Waals surface area contributed by atoms with E-state index in [1.54, 1.807) is 0 Å². The van der Waals surface area contributed by atoms with Gasteiger partial charge in [0, 0.05) is 43.6 Å². The molecule has 0 amide bonds. The summed E-state index contributed by atoms with van der Waals surface area (Å²) in [6.45, 7) is 0. The van der Waals surface area contributed by atoms with Gasteiger partial charge < -0.3 is 13.7 Å². The molecule has 3 aromatic heterocycles. The van der Waals surface area contributed by atoms with Crippen LogP contribution < -0.4 is 0 Å². The number of rotatable bonds is 4. The number of benzene rings is 8. The quantitative estimate of drug-likeness (QED) is 0.184. The van der Waals surface area contributed by atoms with Crippen molar-refractivity contribution in [1.29, 1.82) is 10.5 Å². The van der Waals surface area contributed by atoms with E-state index in [9.17, 15) is 10.5 Å². The van der Waals surface area contributed by atoms with Crippen molar-refractivity contribution in [2.24, 2.45) is 0 Å². The van der Waals surface area contributed by atoms with Gasteiger partial charge in [-0.2, -0.15) is 10.5 Å². The first kappa shape index (κ1) is 30.7. The number of para-hydroxylation sites is 6. The van der Waals surface area contributed by atoms with Crippen LogP contribution in [0.25, 0.3) is 93.6 Å². The Hall–Kier alpha value is -7.86. The van der Waals surface area contributed by atoms with Gasteiger partial charge in [-0.25, -0.2) is 0 Å². The number of hydrogen-bond donors (Lipinski definition) is 0. The molecular formula is C50H29N5. The minimum Gasteiger partial charge on any atom is -0.308 e. The van der Waals surface area contributed by atoms with E-state index >= 15 is 0 Å². The molecule has 0 N–H and O–H groups in total. The van der Waals surface area contributed by atoms with Crippen molar-refractivity contribution >= 4 is 65.4 Å². The molecule has 55 heavy (non-hydrogen) atoms. The van der Waals surface area contributed by atoms with Crippen molar-refractivity contribution in [3.63, 3.8) is 0 Å². The van der Waals surface area contributed by atoms with E-state index in [1.165, 1.54) is 10.8 Å². The lowest BCUT2D eigenvalue weighted by Crippen LogP contribution is -2.03. The molecule has 0 radical (unpaired) electrons. The number of fused-ring (bicyclic) bond motifs is 9. The molecule has 254 valence electrons. The van der Waals surface area contributed by atoms with Gasteiger partial charge in [0.15, 0.2) is 0 Å². The summed E-state index contributed by atoms with van der Waals surface area (Å²) in [5.41, 5.74) is 12.1. The van der Waals surface area contributed by atoms with Crippen molar-refractivity contribution in [1.82, 2.24) is 13.7 Å². The third-order valence-corrected chi connectivity index (χ3v) is 11.1. The molecule has 8 aromatic carbocycles. The Labute approximate surface area is 316 Å². The van der Waals surface area contributed by atoms with E-state index in [0.29, 0.717) is 11.1 Å². The fourth-order valence-electron chi connectivity index (χ4n) is 8.86. The summed E-state index contributed by atoms with van der Waals surface area (Å²) in [7, 11) is 0. The molecule has 11 aromatic rings. The van der Waals surface area contributed by atoms with E-state index < -0.39 is 0 Å². The fourth-order valence-corrected chi connectivity index (χ4v) is 8.86. The molecule has 11 rings (SSSR count). The van der Waals surface area contributed by atoms with Gasteiger partial charge in [-0.05, 0) is 60.2 Å². The van der Waals surface area contributed by atoms with E-state index in [-0.39, 0.29) is 0 Å². The van der Waals surface area contributed by atoms with E-state index in [1.807, 2.05) is 30.3 Å². The second-order valence-electron chi connectivity index (χ2n) is 13.9. The average molecular weight is 700 g/mol. The van der Waals surface area contributed by atoms with Crippen LogP contribution in [0.1, 0.15) is 11.1 Å². The maximum absolute atomic E-state index is 11.0. The molecule has 0 unspecified atom stereocenters. The van der Waals surface area contributed by atoms with Crippen LogP contribution in [0.4, 0.5) is 0 Å². The van der Waals surface area contributed by atoms with Crippen LogP contribution in [0.2, 0.25) is 0 Å². The molecule has 0 spiro atoms. The lowest BCUT2D eigenvalue weighted by atomic mass is 9.98. The Morgan fingerprint density at radius 3 is 1.42 bits per heavy atom. The number of aromatic nitrogens is 3. The van der Waals surface area contributed by atoms with Crippen LogP contribution in [-0.4, -0.2) is 13.7 Å². The largest absolute Gasteiger partial charge is 0.308 e. The monoisotopic (exact) mass is 699 g/mol. The zero-order chi connectivity index (χ0) is 36.6. The molecule has 0 fully saturated rings. The highest BCUT2D eigenvalue weighted by Gasteiger charge is 2.22. The predicted molar refractivity (Wildman–Crippen MR) is 224 cm³/mol. The number of nitriles is 2. The molecular weight excluding hydrogens is 671 g/mol. The lowest BCUT2D eigenvalue weighted by Gasteiger charge is -2.17. The topological polar surface area (TPSA) is 62.4 Å². The molecule has 0 aliphatic heterocycles.